The van der Waals surface area contributed by atoms with Gasteiger partial charge >= 0.3 is 6.18 Å². The molecule has 1 aromatic carbocycles. The van der Waals surface area contributed by atoms with E-state index in [1.54, 1.807) is 5.38 Å². The van der Waals surface area contributed by atoms with Crippen molar-refractivity contribution in [3.8, 4) is 0 Å². The van der Waals surface area contributed by atoms with E-state index in [0.717, 1.165) is 17.3 Å². The van der Waals surface area contributed by atoms with Crippen molar-refractivity contribution in [3.05, 3.63) is 46.5 Å². The van der Waals surface area contributed by atoms with Crippen LogP contribution in [0, 0.1) is 0 Å². The largest absolute Gasteiger partial charge is 0.417 e. The molecule has 1 amide bonds. The van der Waals surface area contributed by atoms with E-state index in [0.29, 0.717) is 5.69 Å². The number of aromatic nitrogens is 1. The summed E-state index contributed by atoms with van der Waals surface area (Å²) in [4.78, 5) is 18.0. The van der Waals surface area contributed by atoms with E-state index in [1.165, 1.54) is 23.5 Å². The highest BCUT2D eigenvalue weighted by Gasteiger charge is 2.34. The predicted octanol–water partition coefficient (Wildman–Crippen LogP) is 3.16. The molecule has 1 N–H and O–H groups in total. The summed E-state index contributed by atoms with van der Waals surface area (Å²) in [5.41, 5.74) is -0.732. The number of amides is 1. The highest BCUT2D eigenvalue weighted by molar-refractivity contribution is 7.13. The van der Waals surface area contributed by atoms with Gasteiger partial charge in [-0.1, -0.05) is 12.1 Å². The first kappa shape index (κ1) is 16.3. The lowest BCUT2D eigenvalue weighted by molar-refractivity contribution is -0.137. The summed E-state index contributed by atoms with van der Waals surface area (Å²) in [5, 5.41) is 4.99. The van der Waals surface area contributed by atoms with Gasteiger partial charge in [0, 0.05) is 19.5 Å². The second-order valence-corrected chi connectivity index (χ2v) is 5.58. The monoisotopic (exact) mass is 329 g/mol. The average Bonchev–Trinajstić information content (AvgIpc) is 2.93. The maximum atomic E-state index is 12.9. The molecular formula is C14H14F3N3OS. The highest BCUT2D eigenvalue weighted by Crippen LogP contribution is 2.31. The van der Waals surface area contributed by atoms with Crippen molar-refractivity contribution < 1.29 is 18.0 Å². The van der Waals surface area contributed by atoms with E-state index in [2.05, 4.69) is 10.3 Å². The Hall–Kier alpha value is -2.09. The highest BCUT2D eigenvalue weighted by atomic mass is 32.1. The summed E-state index contributed by atoms with van der Waals surface area (Å²) in [6.07, 6.45) is -4.56. The quantitative estimate of drug-likeness (QED) is 0.937. The number of carbonyl (C=O) groups excluding carboxylic acids is 1. The number of alkyl halides is 3. The number of anilines is 1. The van der Waals surface area contributed by atoms with E-state index >= 15 is 0 Å². The molecule has 8 heteroatoms. The molecule has 0 aliphatic heterocycles. The number of nitrogens with zero attached hydrogens (tertiary/aromatic N) is 2. The van der Waals surface area contributed by atoms with Crippen molar-refractivity contribution in [2.45, 2.75) is 12.7 Å². The van der Waals surface area contributed by atoms with Crippen molar-refractivity contribution in [3.63, 3.8) is 0 Å². The number of rotatable bonds is 4. The van der Waals surface area contributed by atoms with Crippen LogP contribution in [0.4, 0.5) is 18.3 Å². The maximum Gasteiger partial charge on any atom is 0.417 e. The third kappa shape index (κ3) is 3.76. The Morgan fingerprint density at radius 3 is 2.59 bits per heavy atom. The Kier molecular flexibility index (Phi) is 4.70. The Labute approximate surface area is 129 Å². The topological polar surface area (TPSA) is 45.2 Å². The molecule has 0 aliphatic carbocycles. The summed E-state index contributed by atoms with van der Waals surface area (Å²) in [7, 11) is 3.67. The fourth-order valence-electron chi connectivity index (χ4n) is 1.78. The Morgan fingerprint density at radius 2 is 2.00 bits per heavy atom. The number of hydrogen-bond acceptors (Lipinski definition) is 4. The summed E-state index contributed by atoms with van der Waals surface area (Å²) in [5.74, 6) is -0.771. The van der Waals surface area contributed by atoms with Crippen LogP contribution >= 0.6 is 11.3 Å². The fourth-order valence-corrected chi connectivity index (χ4v) is 2.54. The third-order valence-corrected chi connectivity index (χ3v) is 3.89. The van der Waals surface area contributed by atoms with Crippen molar-refractivity contribution in [1.82, 2.24) is 10.3 Å². The van der Waals surface area contributed by atoms with Crippen LogP contribution in [0.1, 0.15) is 21.6 Å². The average molecular weight is 329 g/mol. The summed E-state index contributed by atoms with van der Waals surface area (Å²) >= 11 is 1.40. The second-order valence-electron chi connectivity index (χ2n) is 4.74. The summed E-state index contributed by atoms with van der Waals surface area (Å²) in [6.45, 7) is 0.0787. The minimum Gasteiger partial charge on any atom is -0.354 e. The van der Waals surface area contributed by atoms with Crippen LogP contribution < -0.4 is 10.2 Å². The van der Waals surface area contributed by atoms with Crippen molar-refractivity contribution >= 4 is 22.4 Å². The lowest BCUT2D eigenvalue weighted by atomic mass is 10.1. The van der Waals surface area contributed by atoms with Crippen molar-refractivity contribution in [2.24, 2.45) is 0 Å². The van der Waals surface area contributed by atoms with Gasteiger partial charge < -0.3 is 10.2 Å². The molecule has 0 bridgehead atoms. The number of thiazole rings is 1. The van der Waals surface area contributed by atoms with Crippen LogP contribution in [0.25, 0.3) is 0 Å². The molecule has 0 aliphatic rings. The van der Waals surface area contributed by atoms with Gasteiger partial charge in [0.05, 0.1) is 23.4 Å². The zero-order valence-corrected chi connectivity index (χ0v) is 12.8. The number of halogens is 3. The molecule has 2 rings (SSSR count). The molecule has 0 radical (unpaired) electrons. The Balaban J connectivity index is 2.10. The molecule has 118 valence electrons. The predicted molar refractivity (Wildman–Crippen MR) is 79.1 cm³/mol. The minimum atomic E-state index is -4.56. The molecule has 1 aromatic heterocycles. The van der Waals surface area contributed by atoms with Gasteiger partial charge in [0.15, 0.2) is 5.13 Å². The van der Waals surface area contributed by atoms with Crippen LogP contribution in [0.3, 0.4) is 0 Å². The van der Waals surface area contributed by atoms with Crippen LogP contribution in [-0.4, -0.2) is 25.0 Å². The van der Waals surface area contributed by atoms with Gasteiger partial charge in [-0.25, -0.2) is 4.98 Å². The van der Waals surface area contributed by atoms with Gasteiger partial charge in [-0.3, -0.25) is 4.79 Å². The molecule has 22 heavy (non-hydrogen) atoms. The molecular weight excluding hydrogens is 315 g/mol. The Bertz CT molecular complexity index is 667. The van der Waals surface area contributed by atoms with E-state index in [4.69, 9.17) is 0 Å². The molecule has 1 heterocycles. The Morgan fingerprint density at radius 1 is 1.32 bits per heavy atom. The molecule has 0 unspecified atom stereocenters. The van der Waals surface area contributed by atoms with E-state index in [-0.39, 0.29) is 6.54 Å². The third-order valence-electron chi connectivity index (χ3n) is 2.83. The van der Waals surface area contributed by atoms with Crippen LogP contribution in [0.2, 0.25) is 0 Å². The summed E-state index contributed by atoms with van der Waals surface area (Å²) in [6, 6.07) is 4.70. The first-order valence-corrected chi connectivity index (χ1v) is 7.23. The van der Waals surface area contributed by atoms with Gasteiger partial charge in [-0.15, -0.1) is 11.3 Å². The van der Waals surface area contributed by atoms with Crippen LogP contribution in [-0.2, 0) is 12.7 Å². The molecule has 0 spiro atoms. The molecule has 0 atom stereocenters. The van der Waals surface area contributed by atoms with Gasteiger partial charge in [0.2, 0.25) is 0 Å². The first-order chi connectivity index (χ1) is 10.3. The number of nitrogens with one attached hydrogen (secondary N) is 1. The number of hydrogen-bond donors (Lipinski definition) is 1. The standard InChI is InChI=1S/C14H14F3N3OS/c1-20(2)13-19-9(8-22-13)7-18-12(21)10-5-3-4-6-11(10)14(15,16)17/h3-6,8H,7H2,1-2H3,(H,18,21). The lowest BCUT2D eigenvalue weighted by Gasteiger charge is -2.12. The van der Waals surface area contributed by atoms with Gasteiger partial charge in [0.1, 0.15) is 0 Å². The molecule has 0 saturated heterocycles. The second kappa shape index (κ2) is 6.35. The van der Waals surface area contributed by atoms with Gasteiger partial charge in [-0.05, 0) is 12.1 Å². The zero-order valence-electron chi connectivity index (χ0n) is 11.9. The van der Waals surface area contributed by atoms with E-state index in [1.807, 2.05) is 19.0 Å². The number of carbonyl (C=O) groups is 1. The van der Waals surface area contributed by atoms with Crippen molar-refractivity contribution in [2.75, 3.05) is 19.0 Å². The van der Waals surface area contributed by atoms with Crippen LogP contribution in [0.15, 0.2) is 29.6 Å². The SMILES string of the molecule is CN(C)c1nc(CNC(=O)c2ccccc2C(F)(F)F)cs1. The fraction of sp³-hybridized carbons (Fsp3) is 0.286. The van der Waals surface area contributed by atoms with E-state index < -0.39 is 23.2 Å². The minimum absolute atomic E-state index is 0.0787. The molecule has 0 fully saturated rings. The molecule has 2 aromatic rings. The van der Waals surface area contributed by atoms with E-state index in [9.17, 15) is 18.0 Å². The maximum absolute atomic E-state index is 12.9. The molecule has 0 saturated carbocycles. The number of benzene rings is 1. The van der Waals surface area contributed by atoms with Gasteiger partial charge in [0.25, 0.3) is 5.91 Å². The molecule has 4 nitrogen and oxygen atoms in total. The van der Waals surface area contributed by atoms with Crippen LogP contribution in [0.5, 0.6) is 0 Å². The zero-order chi connectivity index (χ0) is 16.3. The lowest BCUT2D eigenvalue weighted by Crippen LogP contribution is -2.26. The normalized spacial score (nSPS) is 11.3. The summed E-state index contributed by atoms with van der Waals surface area (Å²) < 4.78 is 38.6. The van der Waals surface area contributed by atoms with Gasteiger partial charge in [-0.2, -0.15) is 13.2 Å². The van der Waals surface area contributed by atoms with Crippen molar-refractivity contribution in [1.29, 1.82) is 0 Å². The first-order valence-electron chi connectivity index (χ1n) is 6.35. The smallest absolute Gasteiger partial charge is 0.354 e.